The minimum Gasteiger partial charge on any atom is -0.260 e. The summed E-state index contributed by atoms with van der Waals surface area (Å²) >= 11 is 5.54. The van der Waals surface area contributed by atoms with Crippen molar-refractivity contribution in [2.24, 2.45) is 0 Å². The van der Waals surface area contributed by atoms with Gasteiger partial charge in [0.2, 0.25) is 0 Å². The van der Waals surface area contributed by atoms with Crippen LogP contribution < -0.4 is 0 Å². The van der Waals surface area contributed by atoms with Gasteiger partial charge in [-0.15, -0.1) is 11.6 Å². The highest BCUT2D eigenvalue weighted by Crippen LogP contribution is 2.58. The SMILES string of the molecule is FC(F)(F)C1(c2ccc(CCl)cn2)CC1. The number of nitrogens with zero attached hydrogens (tertiary/aromatic N) is 1. The fourth-order valence-electron chi connectivity index (χ4n) is 1.60. The molecule has 5 heteroatoms. The van der Waals surface area contributed by atoms with Crippen LogP contribution in [-0.2, 0) is 11.3 Å². The van der Waals surface area contributed by atoms with E-state index in [1.807, 2.05) is 0 Å². The molecular formula is C10H9ClF3N. The van der Waals surface area contributed by atoms with Gasteiger partial charge in [0, 0.05) is 12.1 Å². The summed E-state index contributed by atoms with van der Waals surface area (Å²) in [6.07, 6.45) is -2.50. The lowest BCUT2D eigenvalue weighted by molar-refractivity contribution is -0.161. The Morgan fingerprint density at radius 2 is 2.00 bits per heavy atom. The van der Waals surface area contributed by atoms with E-state index in [-0.39, 0.29) is 24.4 Å². The van der Waals surface area contributed by atoms with E-state index in [4.69, 9.17) is 11.6 Å². The average Bonchev–Trinajstić information content (AvgIpc) is 2.98. The lowest BCUT2D eigenvalue weighted by Crippen LogP contribution is -2.29. The Hall–Kier alpha value is -0.770. The van der Waals surface area contributed by atoms with E-state index in [0.29, 0.717) is 0 Å². The van der Waals surface area contributed by atoms with Crippen molar-refractivity contribution in [1.29, 1.82) is 0 Å². The van der Waals surface area contributed by atoms with Crippen LogP contribution in [0.3, 0.4) is 0 Å². The summed E-state index contributed by atoms with van der Waals surface area (Å²) in [5, 5.41) is 0. The van der Waals surface area contributed by atoms with E-state index in [0.717, 1.165) is 5.56 Å². The third-order valence-electron chi connectivity index (χ3n) is 2.76. The second kappa shape index (κ2) is 3.37. The molecule has 0 aromatic carbocycles. The van der Waals surface area contributed by atoms with Crippen LogP contribution in [0.4, 0.5) is 13.2 Å². The second-order valence-electron chi connectivity index (χ2n) is 3.77. The summed E-state index contributed by atoms with van der Waals surface area (Å²) in [6.45, 7) is 0. The van der Waals surface area contributed by atoms with Crippen LogP contribution in [-0.4, -0.2) is 11.2 Å². The molecule has 1 saturated carbocycles. The fraction of sp³-hybridized carbons (Fsp3) is 0.500. The predicted octanol–water partition coefficient (Wildman–Crippen LogP) is 3.41. The Labute approximate surface area is 90.3 Å². The third-order valence-corrected chi connectivity index (χ3v) is 3.07. The molecule has 0 N–H and O–H groups in total. The Bertz CT molecular complexity index is 354. The zero-order chi connectivity index (χ0) is 11.1. The summed E-state index contributed by atoms with van der Waals surface area (Å²) in [7, 11) is 0. The lowest BCUT2D eigenvalue weighted by Gasteiger charge is -2.18. The summed E-state index contributed by atoms with van der Waals surface area (Å²) in [4.78, 5) is 3.85. The number of alkyl halides is 4. The van der Waals surface area contributed by atoms with Gasteiger partial charge in [0.25, 0.3) is 0 Å². The van der Waals surface area contributed by atoms with Gasteiger partial charge in [-0.3, -0.25) is 4.98 Å². The molecule has 1 fully saturated rings. The highest BCUT2D eigenvalue weighted by Gasteiger charge is 2.65. The topological polar surface area (TPSA) is 12.9 Å². The summed E-state index contributed by atoms with van der Waals surface area (Å²) < 4.78 is 38.1. The van der Waals surface area contributed by atoms with Crippen molar-refractivity contribution in [2.45, 2.75) is 30.3 Å². The first-order valence-corrected chi connectivity index (χ1v) is 5.11. The van der Waals surface area contributed by atoms with Gasteiger partial charge in [0.15, 0.2) is 0 Å². The maximum absolute atomic E-state index is 12.7. The van der Waals surface area contributed by atoms with Gasteiger partial charge in [-0.1, -0.05) is 6.07 Å². The molecule has 1 aromatic rings. The van der Waals surface area contributed by atoms with Crippen molar-refractivity contribution in [3.05, 3.63) is 29.6 Å². The quantitative estimate of drug-likeness (QED) is 0.716. The standard InChI is InChI=1S/C10H9ClF3N/c11-5-7-1-2-8(15-6-7)9(3-4-9)10(12,13)14/h1-2,6H,3-5H2. The van der Waals surface area contributed by atoms with Crippen LogP contribution in [0.25, 0.3) is 0 Å². The van der Waals surface area contributed by atoms with Gasteiger partial charge in [-0.25, -0.2) is 0 Å². The van der Waals surface area contributed by atoms with Crippen molar-refractivity contribution in [2.75, 3.05) is 0 Å². The molecule has 0 saturated heterocycles. The molecule has 1 nitrogen and oxygen atoms in total. The monoisotopic (exact) mass is 235 g/mol. The van der Waals surface area contributed by atoms with Gasteiger partial charge >= 0.3 is 6.18 Å². The van der Waals surface area contributed by atoms with Gasteiger partial charge in [0.05, 0.1) is 5.69 Å². The zero-order valence-electron chi connectivity index (χ0n) is 7.81. The molecule has 0 atom stereocenters. The van der Waals surface area contributed by atoms with Crippen LogP contribution in [0.2, 0.25) is 0 Å². The van der Waals surface area contributed by atoms with E-state index in [9.17, 15) is 13.2 Å². The predicted molar refractivity (Wildman–Crippen MR) is 50.8 cm³/mol. The van der Waals surface area contributed by atoms with Crippen molar-refractivity contribution in [3.63, 3.8) is 0 Å². The maximum atomic E-state index is 12.7. The van der Waals surface area contributed by atoms with E-state index >= 15 is 0 Å². The van der Waals surface area contributed by atoms with Crippen molar-refractivity contribution >= 4 is 11.6 Å². The second-order valence-corrected chi connectivity index (χ2v) is 4.03. The normalized spacial score (nSPS) is 18.9. The van der Waals surface area contributed by atoms with Gasteiger partial charge < -0.3 is 0 Å². The molecule has 1 aromatic heterocycles. The largest absolute Gasteiger partial charge is 0.399 e. The minimum absolute atomic E-state index is 0.115. The summed E-state index contributed by atoms with van der Waals surface area (Å²) in [5.41, 5.74) is -0.833. The molecule has 1 aliphatic rings. The molecule has 1 heterocycles. The number of halogens is 4. The molecule has 0 radical (unpaired) electrons. The van der Waals surface area contributed by atoms with Crippen molar-refractivity contribution in [1.82, 2.24) is 4.98 Å². The first-order valence-electron chi connectivity index (χ1n) is 4.58. The molecule has 0 aliphatic heterocycles. The molecule has 1 aliphatic carbocycles. The molecule has 0 spiro atoms. The third kappa shape index (κ3) is 1.71. The van der Waals surface area contributed by atoms with Crippen LogP contribution >= 0.6 is 11.6 Å². The number of pyridine rings is 1. The van der Waals surface area contributed by atoms with Crippen LogP contribution in [0.1, 0.15) is 24.1 Å². The Morgan fingerprint density at radius 3 is 2.33 bits per heavy atom. The zero-order valence-corrected chi connectivity index (χ0v) is 8.57. The van der Waals surface area contributed by atoms with E-state index < -0.39 is 11.6 Å². The molecule has 0 bridgehead atoms. The first-order chi connectivity index (χ1) is 6.99. The Kier molecular flexibility index (Phi) is 2.41. The number of hydrogen-bond donors (Lipinski definition) is 0. The van der Waals surface area contributed by atoms with Crippen LogP contribution in [0.15, 0.2) is 18.3 Å². The van der Waals surface area contributed by atoms with Crippen molar-refractivity contribution < 1.29 is 13.2 Å². The molecule has 82 valence electrons. The molecule has 0 unspecified atom stereocenters. The van der Waals surface area contributed by atoms with E-state index in [2.05, 4.69) is 4.98 Å². The van der Waals surface area contributed by atoms with E-state index in [1.54, 1.807) is 6.07 Å². The first kappa shape index (κ1) is 10.7. The fourth-order valence-corrected chi connectivity index (χ4v) is 1.75. The lowest BCUT2D eigenvalue weighted by atomic mass is 10.0. The van der Waals surface area contributed by atoms with Crippen molar-refractivity contribution in [3.8, 4) is 0 Å². The van der Waals surface area contributed by atoms with Gasteiger partial charge in [0.1, 0.15) is 5.41 Å². The van der Waals surface area contributed by atoms with Gasteiger partial charge in [-0.05, 0) is 24.5 Å². The van der Waals surface area contributed by atoms with E-state index in [1.165, 1.54) is 12.3 Å². The van der Waals surface area contributed by atoms with Gasteiger partial charge in [-0.2, -0.15) is 13.2 Å². The number of hydrogen-bond acceptors (Lipinski definition) is 1. The summed E-state index contributed by atoms with van der Waals surface area (Å²) in [5.74, 6) is 0.270. The molecular weight excluding hydrogens is 227 g/mol. The highest BCUT2D eigenvalue weighted by molar-refractivity contribution is 6.17. The molecule has 15 heavy (non-hydrogen) atoms. The minimum atomic E-state index is -4.19. The summed E-state index contributed by atoms with van der Waals surface area (Å²) in [6, 6.07) is 3.03. The van der Waals surface area contributed by atoms with Crippen LogP contribution in [0.5, 0.6) is 0 Å². The number of aromatic nitrogens is 1. The Morgan fingerprint density at radius 1 is 1.33 bits per heavy atom. The van der Waals surface area contributed by atoms with Crippen LogP contribution in [0, 0.1) is 0 Å². The maximum Gasteiger partial charge on any atom is 0.399 e. The average molecular weight is 236 g/mol. The Balaban J connectivity index is 2.30. The number of rotatable bonds is 2. The molecule has 0 amide bonds. The molecule has 2 rings (SSSR count). The smallest absolute Gasteiger partial charge is 0.260 e. The highest BCUT2D eigenvalue weighted by atomic mass is 35.5.